The monoisotopic (exact) mass is 293 g/mol. The molecule has 2 N–H and O–H groups in total. The number of aromatic nitrogens is 2. The van der Waals surface area contributed by atoms with Crippen molar-refractivity contribution < 1.29 is 4.74 Å². The lowest BCUT2D eigenvalue weighted by molar-refractivity contribution is 0.182. The van der Waals surface area contributed by atoms with E-state index in [9.17, 15) is 0 Å². The van der Waals surface area contributed by atoms with Crippen LogP contribution in [0.5, 0.6) is 0 Å². The number of nitrogens with zero attached hydrogens (tertiary/aromatic N) is 2. The highest BCUT2D eigenvalue weighted by Gasteiger charge is 2.15. The molecule has 0 amide bonds. The topological polar surface area (TPSA) is 53.1 Å². The lowest BCUT2D eigenvalue weighted by Gasteiger charge is -2.13. The Morgan fingerprint density at radius 1 is 1.73 bits per heavy atom. The summed E-state index contributed by atoms with van der Waals surface area (Å²) in [5.74, 6) is 0.886. The van der Waals surface area contributed by atoms with E-state index in [0.717, 1.165) is 22.5 Å². The maximum Gasteiger partial charge on any atom is 0.0702 e. The minimum Gasteiger partial charge on any atom is -0.383 e. The highest BCUT2D eigenvalue weighted by molar-refractivity contribution is 9.10. The molecule has 0 aromatic carbocycles. The van der Waals surface area contributed by atoms with Crippen LogP contribution in [0.15, 0.2) is 10.7 Å². The van der Waals surface area contributed by atoms with E-state index in [1.165, 1.54) is 0 Å². The Kier molecular flexibility index (Phi) is 5.66. The van der Waals surface area contributed by atoms with Gasteiger partial charge in [-0.1, -0.05) is 0 Å². The molecule has 1 rings (SSSR count). The third-order valence-corrected chi connectivity index (χ3v) is 3.34. The molecule has 1 unspecified atom stereocenters. The molecular weight excluding hydrogens is 278 g/mol. The van der Waals surface area contributed by atoms with Crippen molar-refractivity contribution in [3.8, 4) is 0 Å². The van der Waals surface area contributed by atoms with Crippen LogP contribution < -0.4 is 5.73 Å². The second kappa shape index (κ2) is 6.52. The first kappa shape index (κ1) is 13.0. The predicted molar refractivity (Wildman–Crippen MR) is 67.1 cm³/mol. The van der Waals surface area contributed by atoms with Crippen molar-refractivity contribution in [2.24, 2.45) is 5.73 Å². The fourth-order valence-electron chi connectivity index (χ4n) is 1.35. The van der Waals surface area contributed by atoms with Crippen LogP contribution in [0.2, 0.25) is 0 Å². The van der Waals surface area contributed by atoms with Crippen LogP contribution >= 0.6 is 27.7 Å². The Balaban J connectivity index is 2.78. The van der Waals surface area contributed by atoms with Crippen molar-refractivity contribution in [3.05, 3.63) is 16.4 Å². The Morgan fingerprint density at radius 2 is 2.47 bits per heavy atom. The molecular formula is C9H16BrN3OS. The lowest BCUT2D eigenvalue weighted by atomic mass is 10.2. The summed E-state index contributed by atoms with van der Waals surface area (Å²) < 4.78 is 7.90. The summed E-state index contributed by atoms with van der Waals surface area (Å²) in [7, 11) is 1.68. The molecule has 1 heterocycles. The Bertz CT molecular complexity index is 306. The summed E-state index contributed by atoms with van der Waals surface area (Å²) >= 11 is 5.20. The molecule has 0 saturated carbocycles. The smallest absolute Gasteiger partial charge is 0.0702 e. The van der Waals surface area contributed by atoms with Gasteiger partial charge < -0.3 is 10.5 Å². The second-order valence-electron chi connectivity index (χ2n) is 3.16. The summed E-state index contributed by atoms with van der Waals surface area (Å²) in [6.45, 7) is 1.38. The first-order valence-corrected chi connectivity index (χ1v) is 6.84. The van der Waals surface area contributed by atoms with Crippen LogP contribution in [0, 0.1) is 0 Å². The predicted octanol–water partition coefficient (Wildman–Crippen LogP) is 1.65. The van der Waals surface area contributed by atoms with E-state index in [1.807, 2.05) is 10.9 Å². The molecule has 0 fully saturated rings. The Labute approximate surface area is 103 Å². The van der Waals surface area contributed by atoms with Gasteiger partial charge >= 0.3 is 0 Å². The maximum atomic E-state index is 6.07. The van der Waals surface area contributed by atoms with E-state index < -0.39 is 0 Å². The molecule has 0 spiro atoms. The molecule has 1 aromatic rings. The van der Waals surface area contributed by atoms with Gasteiger partial charge in [-0.15, -0.1) is 0 Å². The van der Waals surface area contributed by atoms with Gasteiger partial charge in [0, 0.05) is 12.9 Å². The van der Waals surface area contributed by atoms with E-state index in [1.54, 1.807) is 25.1 Å². The van der Waals surface area contributed by atoms with Crippen LogP contribution in [0.3, 0.4) is 0 Å². The zero-order valence-corrected chi connectivity index (χ0v) is 11.3. The molecule has 0 saturated heterocycles. The van der Waals surface area contributed by atoms with Gasteiger partial charge in [-0.2, -0.15) is 16.9 Å². The van der Waals surface area contributed by atoms with Crippen LogP contribution in [0.25, 0.3) is 0 Å². The maximum absolute atomic E-state index is 6.07. The van der Waals surface area contributed by atoms with Gasteiger partial charge in [-0.05, 0) is 22.2 Å². The van der Waals surface area contributed by atoms with Gasteiger partial charge in [0.1, 0.15) is 0 Å². The largest absolute Gasteiger partial charge is 0.383 e. The normalized spacial score (nSPS) is 13.1. The molecule has 15 heavy (non-hydrogen) atoms. The average molecular weight is 294 g/mol. The number of methoxy groups -OCH3 is 1. The molecule has 1 atom stereocenters. The van der Waals surface area contributed by atoms with E-state index in [-0.39, 0.29) is 6.04 Å². The van der Waals surface area contributed by atoms with Crippen molar-refractivity contribution in [1.82, 2.24) is 9.78 Å². The van der Waals surface area contributed by atoms with Crippen molar-refractivity contribution in [1.29, 1.82) is 0 Å². The molecule has 0 aliphatic heterocycles. The third kappa shape index (κ3) is 3.48. The van der Waals surface area contributed by atoms with Gasteiger partial charge in [-0.3, -0.25) is 4.68 Å². The number of rotatable bonds is 6. The van der Waals surface area contributed by atoms with E-state index >= 15 is 0 Å². The molecule has 0 aliphatic rings. The first-order chi connectivity index (χ1) is 7.20. The second-order valence-corrected chi connectivity index (χ2v) is 4.92. The van der Waals surface area contributed by atoms with Crippen LogP contribution in [-0.2, 0) is 11.3 Å². The van der Waals surface area contributed by atoms with Gasteiger partial charge in [0.2, 0.25) is 0 Å². The van der Waals surface area contributed by atoms with Crippen LogP contribution in [0.4, 0.5) is 0 Å². The summed E-state index contributed by atoms with van der Waals surface area (Å²) in [6, 6.07) is 0.00808. The quantitative estimate of drug-likeness (QED) is 0.867. The molecule has 4 nitrogen and oxygen atoms in total. The highest BCUT2D eigenvalue weighted by atomic mass is 79.9. The third-order valence-electron chi connectivity index (χ3n) is 2.04. The number of ether oxygens (including phenoxy) is 1. The van der Waals surface area contributed by atoms with Gasteiger partial charge in [-0.25, -0.2) is 0 Å². The Hall–Kier alpha value is -0.0400. The summed E-state index contributed by atoms with van der Waals surface area (Å²) in [5.41, 5.74) is 7.11. The number of nitrogens with two attached hydrogens (primary N) is 1. The number of halogens is 1. The molecule has 1 aromatic heterocycles. The number of hydrogen-bond acceptors (Lipinski definition) is 4. The summed E-state index contributed by atoms with van der Waals surface area (Å²) in [6.07, 6.45) is 3.83. The van der Waals surface area contributed by atoms with Crippen LogP contribution in [0.1, 0.15) is 11.7 Å². The van der Waals surface area contributed by atoms with E-state index in [0.29, 0.717) is 6.61 Å². The van der Waals surface area contributed by atoms with Crippen molar-refractivity contribution >= 4 is 27.7 Å². The zero-order valence-electron chi connectivity index (χ0n) is 8.94. The summed E-state index contributed by atoms with van der Waals surface area (Å²) in [4.78, 5) is 0. The minimum absolute atomic E-state index is 0.00808. The molecule has 0 bridgehead atoms. The highest BCUT2D eigenvalue weighted by Crippen LogP contribution is 2.23. The fourth-order valence-corrected chi connectivity index (χ4v) is 2.46. The van der Waals surface area contributed by atoms with Crippen molar-refractivity contribution in [3.63, 3.8) is 0 Å². The zero-order chi connectivity index (χ0) is 11.3. The van der Waals surface area contributed by atoms with Crippen molar-refractivity contribution in [2.75, 3.05) is 25.7 Å². The minimum atomic E-state index is 0.00808. The van der Waals surface area contributed by atoms with Gasteiger partial charge in [0.15, 0.2) is 0 Å². The first-order valence-electron chi connectivity index (χ1n) is 4.65. The molecule has 0 radical (unpaired) electrons. The van der Waals surface area contributed by atoms with Crippen molar-refractivity contribution in [2.45, 2.75) is 12.6 Å². The molecule has 86 valence electrons. The molecule has 0 aliphatic carbocycles. The number of hydrogen-bond donors (Lipinski definition) is 1. The average Bonchev–Trinajstić information content (AvgIpc) is 2.57. The van der Waals surface area contributed by atoms with Gasteiger partial charge in [0.25, 0.3) is 0 Å². The van der Waals surface area contributed by atoms with E-state index in [2.05, 4.69) is 21.0 Å². The lowest BCUT2D eigenvalue weighted by Crippen LogP contribution is -2.20. The molecule has 6 heteroatoms. The van der Waals surface area contributed by atoms with Gasteiger partial charge in [0.05, 0.1) is 35.6 Å². The fraction of sp³-hybridized carbons (Fsp3) is 0.667. The standard InChI is InChI=1S/C9H16BrN3OS/c1-14-4-3-13-9(7(10)5-12-13)8(11)6-15-2/h5,8H,3-4,6,11H2,1-2H3. The SMILES string of the molecule is COCCn1ncc(Br)c1C(N)CSC. The summed E-state index contributed by atoms with van der Waals surface area (Å²) in [5, 5.41) is 4.26. The Morgan fingerprint density at radius 3 is 3.07 bits per heavy atom. The van der Waals surface area contributed by atoms with E-state index in [4.69, 9.17) is 10.5 Å². The number of thioether (sulfide) groups is 1. The van der Waals surface area contributed by atoms with Crippen LogP contribution in [-0.4, -0.2) is 35.5 Å².